The molecule has 5 aromatic rings. The Hall–Kier alpha value is -4.20. The summed E-state index contributed by atoms with van der Waals surface area (Å²) in [4.78, 5) is 11.7. The maximum atomic E-state index is 13.2. The van der Waals surface area contributed by atoms with Crippen molar-refractivity contribution in [2.24, 2.45) is 0 Å². The summed E-state index contributed by atoms with van der Waals surface area (Å²) in [5, 5.41) is 8.77. The summed E-state index contributed by atoms with van der Waals surface area (Å²) in [6.07, 6.45) is 4.70. The van der Waals surface area contributed by atoms with Gasteiger partial charge in [-0.2, -0.15) is 0 Å². The van der Waals surface area contributed by atoms with E-state index in [2.05, 4.69) is 33.7 Å². The molecule has 0 aliphatic rings. The predicted molar refractivity (Wildman–Crippen MR) is 133 cm³/mol. The zero-order valence-corrected chi connectivity index (χ0v) is 22.0. The Morgan fingerprint density at radius 2 is 1.08 bits per heavy atom. The van der Waals surface area contributed by atoms with Crippen molar-refractivity contribution < 1.29 is 42.8 Å². The van der Waals surface area contributed by atoms with Gasteiger partial charge in [0.1, 0.15) is 11.5 Å². The van der Waals surface area contributed by atoms with Crippen molar-refractivity contribution in [2.45, 2.75) is 0 Å². The van der Waals surface area contributed by atoms with E-state index in [1.165, 1.54) is 0 Å². The molecule has 0 bridgehead atoms. The number of halogens is 4. The van der Waals surface area contributed by atoms with Crippen LogP contribution in [-0.4, -0.2) is 20.1 Å². The number of aliphatic hydroxyl groups is 1. The van der Waals surface area contributed by atoms with Crippen LogP contribution in [0.4, 0.5) is 17.6 Å². The minimum absolute atomic E-state index is 0. The van der Waals surface area contributed by atoms with E-state index < -0.39 is 23.3 Å². The first-order valence-electron chi connectivity index (χ1n) is 10.7. The normalized spacial score (nSPS) is 9.58. The first kappa shape index (κ1) is 30.0. The van der Waals surface area contributed by atoms with Crippen molar-refractivity contribution in [3.63, 3.8) is 0 Å². The van der Waals surface area contributed by atoms with Gasteiger partial charge in [-0.25, -0.2) is 0 Å². The van der Waals surface area contributed by atoms with Gasteiger partial charge >= 0.3 is 0 Å². The first-order chi connectivity index (χ1) is 17.8. The molecule has 3 heterocycles. The molecule has 0 aliphatic carbocycles. The van der Waals surface area contributed by atoms with Crippen molar-refractivity contribution in [3.05, 3.63) is 145 Å². The average molecular weight is 694 g/mol. The number of hydrogen-bond acceptors (Lipinski definition) is 4. The summed E-state index contributed by atoms with van der Waals surface area (Å²) >= 11 is 0. The molecule has 0 unspecified atom stereocenters. The Morgan fingerprint density at radius 1 is 0.658 bits per heavy atom. The maximum Gasteiger partial charge on any atom is 0.134 e. The Bertz CT molecular complexity index is 1350. The third kappa shape index (κ3) is 9.03. The van der Waals surface area contributed by atoms with E-state index in [1.54, 1.807) is 73.2 Å². The largest absolute Gasteiger partial charge is 0.506 e. The fourth-order valence-corrected chi connectivity index (χ4v) is 2.84. The molecule has 9 heteroatoms. The summed E-state index contributed by atoms with van der Waals surface area (Å²) in [5.41, 5.74) is 1.80. The Morgan fingerprint density at radius 3 is 1.37 bits per heavy atom. The van der Waals surface area contributed by atoms with Gasteiger partial charge in [0.2, 0.25) is 0 Å². The van der Waals surface area contributed by atoms with Crippen molar-refractivity contribution in [1.82, 2.24) is 15.0 Å². The van der Waals surface area contributed by atoms with Crippen LogP contribution in [0.3, 0.4) is 0 Å². The van der Waals surface area contributed by atoms with Gasteiger partial charge in [0.15, 0.2) is 0 Å². The number of rotatable bonds is 3. The quantitative estimate of drug-likeness (QED) is 0.123. The molecule has 0 saturated heterocycles. The molecule has 0 atom stereocenters. The third-order valence-corrected chi connectivity index (χ3v) is 4.52. The minimum Gasteiger partial charge on any atom is -0.506 e. The minimum atomic E-state index is -0.649. The summed E-state index contributed by atoms with van der Waals surface area (Å²) < 4.78 is 51.6. The summed E-state index contributed by atoms with van der Waals surface area (Å²) in [6, 6.07) is 24.3. The van der Waals surface area contributed by atoms with Crippen LogP contribution in [0.5, 0.6) is 0 Å². The number of pyridine rings is 3. The summed E-state index contributed by atoms with van der Waals surface area (Å²) in [7, 11) is 0. The van der Waals surface area contributed by atoms with E-state index >= 15 is 0 Å². The molecule has 3 aromatic heterocycles. The molecule has 4 nitrogen and oxygen atoms in total. The topological polar surface area (TPSA) is 58.9 Å². The summed E-state index contributed by atoms with van der Waals surface area (Å²) in [5.74, 6) is -2.56. The molecule has 2 aromatic carbocycles. The zero-order valence-electron chi connectivity index (χ0n) is 19.6. The molecular formula is C29H19F4IrN3O-2. The third-order valence-electron chi connectivity index (χ3n) is 4.52. The van der Waals surface area contributed by atoms with Crippen LogP contribution in [0.15, 0.2) is 104 Å². The standard InChI is InChI=1S/2C11H6F2N.C7H7NO.Ir/c2*12-8-4-5-9(10(13)7-8)11-3-1-2-6-14-11;1-6(9)7-4-2-3-5-8-7;/h2*1-4,6-7H;2-5,9H,1H2;/q2*-1;;. The first-order valence-corrected chi connectivity index (χ1v) is 10.7. The van der Waals surface area contributed by atoms with Gasteiger partial charge in [0, 0.05) is 62.0 Å². The van der Waals surface area contributed by atoms with Gasteiger partial charge in [0.05, 0.1) is 0 Å². The predicted octanol–water partition coefficient (Wildman–Crippen LogP) is 7.26. The van der Waals surface area contributed by atoms with Crippen LogP contribution in [0.2, 0.25) is 0 Å². The van der Waals surface area contributed by atoms with E-state index in [0.29, 0.717) is 17.1 Å². The van der Waals surface area contributed by atoms with Crippen molar-refractivity contribution >= 4 is 5.76 Å². The van der Waals surface area contributed by atoms with Crippen LogP contribution in [0.25, 0.3) is 28.3 Å². The van der Waals surface area contributed by atoms with Crippen LogP contribution < -0.4 is 0 Å². The van der Waals surface area contributed by atoms with Crippen molar-refractivity contribution in [2.75, 3.05) is 0 Å². The molecule has 38 heavy (non-hydrogen) atoms. The van der Waals surface area contributed by atoms with Crippen molar-refractivity contribution in [3.8, 4) is 22.5 Å². The molecule has 5 rings (SSSR count). The molecule has 1 radical (unpaired) electrons. The maximum absolute atomic E-state index is 13.2. The molecule has 0 amide bonds. The van der Waals surface area contributed by atoms with E-state index in [9.17, 15) is 17.6 Å². The molecule has 1 N–H and O–H groups in total. The average Bonchev–Trinajstić information content (AvgIpc) is 2.91. The SMILES string of the molecule is C=C(O)c1ccccn1.Fc1c[c-]c(-c2ccccn2)c(F)c1.Fc1c[c-]c(-c2ccccn2)c(F)c1.[Ir]. The summed E-state index contributed by atoms with van der Waals surface area (Å²) in [6.45, 7) is 3.32. The Kier molecular flexibility index (Phi) is 12.0. The van der Waals surface area contributed by atoms with Crippen LogP contribution in [-0.2, 0) is 20.1 Å². The van der Waals surface area contributed by atoms with Gasteiger partial charge < -0.3 is 15.1 Å². The van der Waals surface area contributed by atoms with E-state index in [4.69, 9.17) is 5.11 Å². The van der Waals surface area contributed by atoms with Crippen molar-refractivity contribution in [1.29, 1.82) is 0 Å². The fourth-order valence-electron chi connectivity index (χ4n) is 2.84. The second-order valence-corrected chi connectivity index (χ2v) is 7.17. The van der Waals surface area contributed by atoms with E-state index in [1.807, 2.05) is 0 Å². The molecular weight excluding hydrogens is 675 g/mol. The number of hydrogen-bond donors (Lipinski definition) is 1. The number of aromatic nitrogens is 3. The second-order valence-electron chi connectivity index (χ2n) is 7.17. The Balaban J connectivity index is 0.000000203. The molecule has 195 valence electrons. The van der Waals surface area contributed by atoms with Gasteiger partial charge in [-0.15, -0.1) is 24.3 Å². The van der Waals surface area contributed by atoms with E-state index in [-0.39, 0.29) is 37.0 Å². The number of nitrogens with zero attached hydrogens (tertiary/aromatic N) is 3. The number of aliphatic hydroxyl groups excluding tert-OH is 1. The zero-order chi connectivity index (χ0) is 26.6. The second kappa shape index (κ2) is 15.1. The smallest absolute Gasteiger partial charge is 0.134 e. The monoisotopic (exact) mass is 694 g/mol. The van der Waals surface area contributed by atoms with Crippen LogP contribution in [0, 0.1) is 35.4 Å². The van der Waals surface area contributed by atoms with Gasteiger partial charge in [-0.3, -0.25) is 22.5 Å². The van der Waals surface area contributed by atoms with Crippen LogP contribution in [0.1, 0.15) is 5.69 Å². The Labute approximate surface area is 230 Å². The van der Waals surface area contributed by atoms with Gasteiger partial charge in [-0.05, 0) is 35.7 Å². The van der Waals surface area contributed by atoms with Gasteiger partial charge in [-0.1, -0.05) is 60.2 Å². The molecule has 0 saturated carbocycles. The molecule has 0 spiro atoms. The fraction of sp³-hybridized carbons (Fsp3) is 0. The van der Waals surface area contributed by atoms with Crippen LogP contribution >= 0.6 is 0 Å². The number of benzene rings is 2. The molecule has 0 aliphatic heterocycles. The molecule has 0 fully saturated rings. The van der Waals surface area contributed by atoms with E-state index in [0.717, 1.165) is 24.3 Å². The van der Waals surface area contributed by atoms with Gasteiger partial charge in [0.25, 0.3) is 0 Å².